The minimum Gasteiger partial charge on any atom is -0.393 e. The second-order valence-corrected chi connectivity index (χ2v) is 3.13. The minimum atomic E-state index is -4.62. The fourth-order valence-corrected chi connectivity index (χ4v) is 0.653. The van der Waals surface area contributed by atoms with E-state index in [1.54, 1.807) is 0 Å². The van der Waals surface area contributed by atoms with Gasteiger partial charge < -0.3 is 15.5 Å². The van der Waals surface area contributed by atoms with Crippen molar-refractivity contribution in [3.63, 3.8) is 0 Å². The number of rotatable bonds is 6. The molecule has 1 atom stereocenters. The largest absolute Gasteiger partial charge is 0.522 e. The van der Waals surface area contributed by atoms with Crippen LogP contribution in [0.15, 0.2) is 0 Å². The first kappa shape index (κ1) is 13.6. The van der Waals surface area contributed by atoms with Crippen LogP contribution < -0.4 is 5.32 Å². The van der Waals surface area contributed by atoms with E-state index in [-0.39, 0.29) is 13.1 Å². The van der Waals surface area contributed by atoms with Crippen molar-refractivity contribution in [2.45, 2.75) is 18.9 Å². The number of aliphatic hydroxyl groups is 2. The molecule has 3 N–H and O–H groups in total. The SMILES string of the molecule is CC(O)(CO)CNCCOC(F)(F)F. The van der Waals surface area contributed by atoms with E-state index in [1.165, 1.54) is 6.92 Å². The van der Waals surface area contributed by atoms with Crippen molar-refractivity contribution in [2.24, 2.45) is 0 Å². The topological polar surface area (TPSA) is 61.7 Å². The standard InChI is InChI=1S/C7H14F3NO3/c1-6(13,5-12)4-11-2-3-14-7(8,9)10/h11-13H,2-5H2,1H3. The van der Waals surface area contributed by atoms with Gasteiger partial charge >= 0.3 is 6.36 Å². The molecule has 0 bridgehead atoms. The van der Waals surface area contributed by atoms with Crippen LogP contribution in [0.4, 0.5) is 13.2 Å². The van der Waals surface area contributed by atoms with E-state index in [9.17, 15) is 18.3 Å². The Balaban J connectivity index is 3.39. The van der Waals surface area contributed by atoms with E-state index < -0.39 is 25.2 Å². The maximum atomic E-state index is 11.4. The fraction of sp³-hybridized carbons (Fsp3) is 1.00. The molecule has 0 aromatic carbocycles. The van der Waals surface area contributed by atoms with Crippen molar-refractivity contribution in [1.82, 2.24) is 5.32 Å². The molecule has 0 heterocycles. The molecular weight excluding hydrogens is 203 g/mol. The number of nitrogens with one attached hydrogen (secondary N) is 1. The summed E-state index contributed by atoms with van der Waals surface area (Å²) in [5, 5.41) is 20.3. The highest BCUT2D eigenvalue weighted by molar-refractivity contribution is 4.73. The van der Waals surface area contributed by atoms with Crippen LogP contribution in [0.5, 0.6) is 0 Å². The van der Waals surface area contributed by atoms with Crippen molar-refractivity contribution in [3.05, 3.63) is 0 Å². The van der Waals surface area contributed by atoms with Gasteiger partial charge in [0.25, 0.3) is 0 Å². The predicted molar refractivity (Wildman–Crippen MR) is 42.6 cm³/mol. The van der Waals surface area contributed by atoms with Gasteiger partial charge in [0, 0.05) is 13.1 Å². The fourth-order valence-electron chi connectivity index (χ4n) is 0.653. The molecule has 14 heavy (non-hydrogen) atoms. The van der Waals surface area contributed by atoms with E-state index >= 15 is 0 Å². The zero-order valence-corrected chi connectivity index (χ0v) is 7.76. The molecule has 0 radical (unpaired) electrons. The Hall–Kier alpha value is -0.370. The summed E-state index contributed by atoms with van der Waals surface area (Å²) in [7, 11) is 0. The van der Waals surface area contributed by atoms with Gasteiger partial charge in [0.1, 0.15) is 0 Å². The minimum absolute atomic E-state index is 0.00468. The summed E-state index contributed by atoms with van der Waals surface area (Å²) >= 11 is 0. The molecule has 86 valence electrons. The highest BCUT2D eigenvalue weighted by Gasteiger charge is 2.28. The lowest BCUT2D eigenvalue weighted by Crippen LogP contribution is -2.42. The first-order valence-corrected chi connectivity index (χ1v) is 4.01. The first-order valence-electron chi connectivity index (χ1n) is 4.01. The summed E-state index contributed by atoms with van der Waals surface area (Å²) < 4.78 is 37.8. The van der Waals surface area contributed by atoms with Crippen molar-refractivity contribution >= 4 is 0 Å². The van der Waals surface area contributed by atoms with Crippen molar-refractivity contribution < 1.29 is 28.1 Å². The van der Waals surface area contributed by atoms with E-state index in [4.69, 9.17) is 5.11 Å². The van der Waals surface area contributed by atoms with Gasteiger partial charge in [-0.25, -0.2) is 0 Å². The molecule has 1 unspecified atom stereocenters. The van der Waals surface area contributed by atoms with Gasteiger partial charge in [-0.3, -0.25) is 4.74 Å². The van der Waals surface area contributed by atoms with Crippen molar-refractivity contribution in [2.75, 3.05) is 26.3 Å². The maximum Gasteiger partial charge on any atom is 0.522 e. The Morgan fingerprint density at radius 3 is 2.36 bits per heavy atom. The molecule has 7 heteroatoms. The summed E-state index contributed by atoms with van der Waals surface area (Å²) in [4.78, 5) is 0. The highest BCUT2D eigenvalue weighted by Crippen LogP contribution is 2.15. The van der Waals surface area contributed by atoms with Gasteiger partial charge in [-0.2, -0.15) is 0 Å². The monoisotopic (exact) mass is 217 g/mol. The van der Waals surface area contributed by atoms with Gasteiger partial charge in [0.05, 0.1) is 18.8 Å². The third-order valence-electron chi connectivity index (χ3n) is 1.39. The highest BCUT2D eigenvalue weighted by atomic mass is 19.4. The lowest BCUT2D eigenvalue weighted by Gasteiger charge is -2.20. The third-order valence-corrected chi connectivity index (χ3v) is 1.39. The van der Waals surface area contributed by atoms with Crippen LogP contribution in [0.2, 0.25) is 0 Å². The van der Waals surface area contributed by atoms with Crippen LogP contribution in [0.1, 0.15) is 6.92 Å². The lowest BCUT2D eigenvalue weighted by atomic mass is 10.1. The first-order chi connectivity index (χ1) is 6.27. The summed E-state index contributed by atoms with van der Waals surface area (Å²) in [6, 6.07) is 0. The molecule has 0 aliphatic heterocycles. The normalized spacial score (nSPS) is 16.7. The van der Waals surface area contributed by atoms with Gasteiger partial charge in [-0.15, -0.1) is 13.2 Å². The zero-order valence-electron chi connectivity index (χ0n) is 7.76. The van der Waals surface area contributed by atoms with E-state index in [0.29, 0.717) is 0 Å². The zero-order chi connectivity index (χ0) is 11.2. The Kier molecular flexibility index (Phi) is 5.35. The van der Waals surface area contributed by atoms with Crippen LogP contribution in [0, 0.1) is 0 Å². The molecule has 0 aliphatic rings. The van der Waals surface area contributed by atoms with Gasteiger partial charge in [-0.05, 0) is 6.92 Å². The van der Waals surface area contributed by atoms with E-state index in [1.807, 2.05) is 0 Å². The van der Waals surface area contributed by atoms with Crippen molar-refractivity contribution in [1.29, 1.82) is 0 Å². The predicted octanol–water partition coefficient (Wildman–Crippen LogP) is -0.144. The molecular formula is C7H14F3NO3. The number of hydrogen-bond acceptors (Lipinski definition) is 4. The average molecular weight is 217 g/mol. The van der Waals surface area contributed by atoms with Crippen LogP contribution in [0.3, 0.4) is 0 Å². The molecule has 0 saturated heterocycles. The Morgan fingerprint density at radius 2 is 1.93 bits per heavy atom. The molecule has 0 saturated carbocycles. The molecule has 0 aromatic rings. The molecule has 0 spiro atoms. The van der Waals surface area contributed by atoms with Crippen molar-refractivity contribution in [3.8, 4) is 0 Å². The number of aliphatic hydroxyl groups excluding tert-OH is 1. The Bertz CT molecular complexity index is 161. The smallest absolute Gasteiger partial charge is 0.393 e. The molecule has 4 nitrogen and oxygen atoms in total. The number of alkyl halides is 3. The molecule has 0 amide bonds. The summed E-state index contributed by atoms with van der Waals surface area (Å²) in [6.07, 6.45) is -4.62. The van der Waals surface area contributed by atoms with Crippen LogP contribution in [0.25, 0.3) is 0 Å². The van der Waals surface area contributed by atoms with Gasteiger partial charge in [-0.1, -0.05) is 0 Å². The number of ether oxygens (including phenoxy) is 1. The summed E-state index contributed by atoms with van der Waals surface area (Å²) in [6.45, 7) is 0.343. The van der Waals surface area contributed by atoms with E-state index in [0.717, 1.165) is 0 Å². The van der Waals surface area contributed by atoms with E-state index in [2.05, 4.69) is 10.1 Å². The third kappa shape index (κ3) is 8.24. The summed E-state index contributed by atoms with van der Waals surface area (Å²) in [5.41, 5.74) is -1.32. The second kappa shape index (κ2) is 5.50. The van der Waals surface area contributed by atoms with Crippen LogP contribution in [-0.2, 0) is 4.74 Å². The lowest BCUT2D eigenvalue weighted by molar-refractivity contribution is -0.323. The van der Waals surface area contributed by atoms with Gasteiger partial charge in [0.2, 0.25) is 0 Å². The van der Waals surface area contributed by atoms with Crippen LogP contribution >= 0.6 is 0 Å². The second-order valence-electron chi connectivity index (χ2n) is 3.13. The average Bonchev–Trinajstić information content (AvgIpc) is 2.01. The maximum absolute atomic E-state index is 11.4. The Morgan fingerprint density at radius 1 is 1.36 bits per heavy atom. The molecule has 0 aromatic heterocycles. The molecule has 0 aliphatic carbocycles. The molecule has 0 rings (SSSR count). The number of hydrogen-bond donors (Lipinski definition) is 3. The molecule has 0 fully saturated rings. The number of halogens is 3. The van der Waals surface area contributed by atoms with Crippen LogP contribution in [-0.4, -0.2) is 48.5 Å². The summed E-state index contributed by atoms with van der Waals surface area (Å²) in [5.74, 6) is 0. The quantitative estimate of drug-likeness (QED) is 0.542. The Labute approximate surface area is 79.7 Å². The van der Waals surface area contributed by atoms with Gasteiger partial charge in [0.15, 0.2) is 0 Å².